The van der Waals surface area contributed by atoms with Crippen LogP contribution in [0.15, 0.2) is 34.9 Å². The minimum atomic E-state index is -0.780. The monoisotopic (exact) mass is 207 g/mol. The molecule has 0 amide bonds. The number of fused-ring (bicyclic) bond motifs is 1. The molecule has 0 radical (unpaired) electrons. The molecule has 1 heterocycles. The summed E-state index contributed by atoms with van der Waals surface area (Å²) in [6.07, 6.45) is 2.18. The van der Waals surface area contributed by atoms with Crippen LogP contribution >= 0.6 is 0 Å². The molecule has 2 N–H and O–H groups in total. The normalized spacial score (nSPS) is 15.4. The second kappa shape index (κ2) is 3.66. The van der Waals surface area contributed by atoms with E-state index in [0.29, 0.717) is 6.42 Å². The summed E-state index contributed by atoms with van der Waals surface area (Å²) in [5.74, 6) is 0. The zero-order valence-corrected chi connectivity index (χ0v) is 8.66. The van der Waals surface area contributed by atoms with Crippen molar-refractivity contribution in [2.24, 2.45) is 5.73 Å². The van der Waals surface area contributed by atoms with Crippen LogP contribution in [0.3, 0.4) is 0 Å². The molecular formula is C12H14FNO. The van der Waals surface area contributed by atoms with Crippen molar-refractivity contribution in [1.29, 1.82) is 0 Å². The standard InChI is InChI=1S/C12H14FNO/c1-12(14,8-13)7-9-2-3-11-10(6-9)4-5-15-11/h2-6H,7-8,14H2,1H3. The van der Waals surface area contributed by atoms with Gasteiger partial charge in [0.15, 0.2) is 0 Å². The van der Waals surface area contributed by atoms with Gasteiger partial charge in [0.05, 0.1) is 6.26 Å². The third kappa shape index (κ3) is 2.18. The molecule has 2 rings (SSSR count). The largest absolute Gasteiger partial charge is 0.464 e. The SMILES string of the molecule is CC(N)(CF)Cc1ccc2occc2c1. The molecule has 0 aliphatic carbocycles. The highest BCUT2D eigenvalue weighted by Gasteiger charge is 2.18. The Balaban J connectivity index is 2.28. The van der Waals surface area contributed by atoms with Gasteiger partial charge in [-0.05, 0) is 37.1 Å². The maximum absolute atomic E-state index is 12.6. The number of alkyl halides is 1. The lowest BCUT2D eigenvalue weighted by molar-refractivity contribution is 0.327. The Morgan fingerprint density at radius 2 is 2.20 bits per heavy atom. The van der Waals surface area contributed by atoms with Gasteiger partial charge >= 0.3 is 0 Å². The molecule has 0 spiro atoms. The van der Waals surface area contributed by atoms with Crippen molar-refractivity contribution in [1.82, 2.24) is 0 Å². The first-order valence-electron chi connectivity index (χ1n) is 4.92. The zero-order chi connectivity index (χ0) is 10.9. The Labute approximate surface area is 87.9 Å². The third-order valence-electron chi connectivity index (χ3n) is 2.43. The van der Waals surface area contributed by atoms with E-state index in [9.17, 15) is 4.39 Å². The summed E-state index contributed by atoms with van der Waals surface area (Å²) < 4.78 is 17.8. The molecule has 0 saturated carbocycles. The Bertz CT molecular complexity index is 461. The number of hydrogen-bond donors (Lipinski definition) is 1. The van der Waals surface area contributed by atoms with Crippen molar-refractivity contribution in [2.45, 2.75) is 18.9 Å². The Morgan fingerprint density at radius 1 is 1.40 bits per heavy atom. The highest BCUT2D eigenvalue weighted by molar-refractivity contribution is 5.77. The van der Waals surface area contributed by atoms with Crippen LogP contribution in [0.4, 0.5) is 4.39 Å². The molecule has 0 aliphatic heterocycles. The molecule has 1 aromatic heterocycles. The van der Waals surface area contributed by atoms with Crippen molar-refractivity contribution in [3.05, 3.63) is 36.1 Å². The minimum Gasteiger partial charge on any atom is -0.464 e. The number of hydrogen-bond acceptors (Lipinski definition) is 2. The van der Waals surface area contributed by atoms with E-state index in [1.54, 1.807) is 13.2 Å². The van der Waals surface area contributed by atoms with Gasteiger partial charge in [-0.2, -0.15) is 0 Å². The summed E-state index contributed by atoms with van der Waals surface area (Å²) >= 11 is 0. The first-order chi connectivity index (χ1) is 7.11. The molecule has 0 bridgehead atoms. The predicted octanol–water partition coefficient (Wildman–Crippen LogP) is 2.66. The summed E-state index contributed by atoms with van der Waals surface area (Å²) in [7, 11) is 0. The van der Waals surface area contributed by atoms with E-state index in [1.165, 1.54) is 0 Å². The van der Waals surface area contributed by atoms with E-state index in [0.717, 1.165) is 16.5 Å². The van der Waals surface area contributed by atoms with Crippen LogP contribution in [0.2, 0.25) is 0 Å². The number of benzene rings is 1. The van der Waals surface area contributed by atoms with Gasteiger partial charge < -0.3 is 10.2 Å². The maximum Gasteiger partial charge on any atom is 0.133 e. The molecule has 1 unspecified atom stereocenters. The van der Waals surface area contributed by atoms with Gasteiger partial charge in [-0.15, -0.1) is 0 Å². The van der Waals surface area contributed by atoms with Crippen molar-refractivity contribution in [3.63, 3.8) is 0 Å². The van der Waals surface area contributed by atoms with E-state index in [1.807, 2.05) is 24.3 Å². The van der Waals surface area contributed by atoms with Gasteiger partial charge in [0.25, 0.3) is 0 Å². The molecule has 2 nitrogen and oxygen atoms in total. The van der Waals surface area contributed by atoms with Crippen molar-refractivity contribution in [2.75, 3.05) is 6.67 Å². The van der Waals surface area contributed by atoms with Crippen molar-refractivity contribution >= 4 is 11.0 Å². The molecule has 1 aromatic carbocycles. The number of halogens is 1. The molecule has 15 heavy (non-hydrogen) atoms. The lowest BCUT2D eigenvalue weighted by Crippen LogP contribution is -2.40. The van der Waals surface area contributed by atoms with Gasteiger partial charge in [-0.1, -0.05) is 6.07 Å². The summed E-state index contributed by atoms with van der Waals surface area (Å²) in [6.45, 7) is 1.20. The summed E-state index contributed by atoms with van der Waals surface area (Å²) in [5, 5.41) is 1.03. The fourth-order valence-corrected chi connectivity index (χ4v) is 1.64. The van der Waals surface area contributed by atoms with E-state index in [2.05, 4.69) is 0 Å². The van der Waals surface area contributed by atoms with Gasteiger partial charge in [0.2, 0.25) is 0 Å². The zero-order valence-electron chi connectivity index (χ0n) is 8.66. The van der Waals surface area contributed by atoms with Gasteiger partial charge in [-0.25, -0.2) is 4.39 Å². The fraction of sp³-hybridized carbons (Fsp3) is 0.333. The Morgan fingerprint density at radius 3 is 2.93 bits per heavy atom. The van der Waals surface area contributed by atoms with Gasteiger partial charge in [0, 0.05) is 10.9 Å². The predicted molar refractivity (Wildman–Crippen MR) is 58.5 cm³/mol. The van der Waals surface area contributed by atoms with E-state index in [-0.39, 0.29) is 0 Å². The lowest BCUT2D eigenvalue weighted by Gasteiger charge is -2.20. The number of furan rings is 1. The Hall–Kier alpha value is -1.35. The first-order valence-corrected chi connectivity index (χ1v) is 4.92. The van der Waals surface area contributed by atoms with Crippen LogP contribution < -0.4 is 5.73 Å². The second-order valence-electron chi connectivity index (χ2n) is 4.26. The molecule has 0 saturated heterocycles. The first kappa shape index (κ1) is 10.2. The number of rotatable bonds is 3. The van der Waals surface area contributed by atoms with E-state index in [4.69, 9.17) is 10.2 Å². The Kier molecular flexibility index (Phi) is 2.49. The van der Waals surface area contributed by atoms with E-state index < -0.39 is 12.2 Å². The van der Waals surface area contributed by atoms with Gasteiger partial charge in [-0.3, -0.25) is 0 Å². The van der Waals surface area contributed by atoms with Crippen LogP contribution in [0.25, 0.3) is 11.0 Å². The minimum absolute atomic E-state index is 0.517. The quantitative estimate of drug-likeness (QED) is 0.840. The number of nitrogens with two attached hydrogens (primary N) is 1. The van der Waals surface area contributed by atoms with Crippen molar-refractivity contribution < 1.29 is 8.81 Å². The molecular weight excluding hydrogens is 193 g/mol. The van der Waals surface area contributed by atoms with E-state index >= 15 is 0 Å². The summed E-state index contributed by atoms with van der Waals surface area (Å²) in [4.78, 5) is 0. The molecule has 3 heteroatoms. The highest BCUT2D eigenvalue weighted by atomic mass is 19.1. The molecule has 80 valence electrons. The van der Waals surface area contributed by atoms with Crippen LogP contribution in [0, 0.1) is 0 Å². The van der Waals surface area contributed by atoms with Gasteiger partial charge in [0.1, 0.15) is 12.3 Å². The summed E-state index contributed by atoms with van der Waals surface area (Å²) in [5.41, 5.74) is 6.87. The maximum atomic E-state index is 12.6. The van der Waals surface area contributed by atoms with Crippen molar-refractivity contribution in [3.8, 4) is 0 Å². The van der Waals surface area contributed by atoms with Crippen LogP contribution in [-0.2, 0) is 6.42 Å². The third-order valence-corrected chi connectivity index (χ3v) is 2.43. The molecule has 1 atom stereocenters. The molecule has 0 fully saturated rings. The molecule has 0 aliphatic rings. The smallest absolute Gasteiger partial charge is 0.133 e. The average molecular weight is 207 g/mol. The van der Waals surface area contributed by atoms with Crippen LogP contribution in [-0.4, -0.2) is 12.2 Å². The average Bonchev–Trinajstić information content (AvgIpc) is 2.64. The fourth-order valence-electron chi connectivity index (χ4n) is 1.64. The van der Waals surface area contributed by atoms with Crippen LogP contribution in [0.5, 0.6) is 0 Å². The van der Waals surface area contributed by atoms with Crippen LogP contribution in [0.1, 0.15) is 12.5 Å². The summed E-state index contributed by atoms with van der Waals surface area (Å²) in [6, 6.07) is 7.69. The highest BCUT2D eigenvalue weighted by Crippen LogP contribution is 2.19. The molecule has 2 aromatic rings. The lowest BCUT2D eigenvalue weighted by atomic mass is 9.95. The second-order valence-corrected chi connectivity index (χ2v) is 4.26. The topological polar surface area (TPSA) is 39.2 Å².